The zero-order valence-electron chi connectivity index (χ0n) is 19.6. The number of hydrogen-bond donors (Lipinski definition) is 1. The Morgan fingerprint density at radius 3 is 2.74 bits per heavy atom. The maximum absolute atomic E-state index is 12.8. The molecule has 0 unspecified atom stereocenters. The maximum Gasteiger partial charge on any atom is 0.331 e. The lowest BCUT2D eigenvalue weighted by Gasteiger charge is -2.30. The van der Waals surface area contributed by atoms with Crippen molar-refractivity contribution in [1.82, 2.24) is 24.8 Å². The van der Waals surface area contributed by atoms with Crippen molar-refractivity contribution >= 4 is 29.2 Å². The number of amides is 4. The number of anilines is 1. The number of urea groups is 2. The lowest BCUT2D eigenvalue weighted by atomic mass is 10.1. The van der Waals surface area contributed by atoms with E-state index < -0.39 is 6.03 Å². The minimum Gasteiger partial charge on any atom is -0.455 e. The van der Waals surface area contributed by atoms with Gasteiger partial charge in [0.2, 0.25) is 0 Å². The van der Waals surface area contributed by atoms with Crippen molar-refractivity contribution in [1.29, 1.82) is 0 Å². The summed E-state index contributed by atoms with van der Waals surface area (Å²) in [6.45, 7) is 5.92. The van der Waals surface area contributed by atoms with Crippen LogP contribution in [-0.4, -0.2) is 69.2 Å². The standard InChI is InChI=1S/C24H26N6O4S/c1-15-20(34-18-5-8-25-19(13-18)21-14-26-16(2)35-21)3-4-22(27-15)28-23(31)30-10-9-29(24(30)32)17-6-11-33-12-7-17/h3-5,8,13-14,17H,6-7,9-12H2,1-2H3,(H,27,28,31). The van der Waals surface area contributed by atoms with Crippen molar-refractivity contribution < 1.29 is 19.1 Å². The molecule has 0 radical (unpaired) electrons. The van der Waals surface area contributed by atoms with Crippen LogP contribution in [0.3, 0.4) is 0 Å². The van der Waals surface area contributed by atoms with E-state index in [4.69, 9.17) is 9.47 Å². The van der Waals surface area contributed by atoms with Gasteiger partial charge in [0.1, 0.15) is 17.3 Å². The second-order valence-electron chi connectivity index (χ2n) is 8.40. The van der Waals surface area contributed by atoms with E-state index in [1.165, 1.54) is 4.90 Å². The monoisotopic (exact) mass is 494 g/mol. The van der Waals surface area contributed by atoms with Gasteiger partial charge in [-0.05, 0) is 44.9 Å². The zero-order valence-corrected chi connectivity index (χ0v) is 20.4. The number of rotatable bonds is 5. The quantitative estimate of drug-likeness (QED) is 0.558. The number of nitrogens with one attached hydrogen (secondary N) is 1. The van der Waals surface area contributed by atoms with Crippen molar-refractivity contribution in [3.05, 3.63) is 47.4 Å². The van der Waals surface area contributed by atoms with Crippen LogP contribution in [0.15, 0.2) is 36.7 Å². The van der Waals surface area contributed by atoms with Gasteiger partial charge < -0.3 is 14.4 Å². The van der Waals surface area contributed by atoms with Crippen molar-refractivity contribution in [3.8, 4) is 22.1 Å². The maximum atomic E-state index is 12.8. The summed E-state index contributed by atoms with van der Waals surface area (Å²) in [6, 6.07) is 6.40. The average Bonchev–Trinajstić information content (AvgIpc) is 3.47. The van der Waals surface area contributed by atoms with Gasteiger partial charge >= 0.3 is 12.1 Å². The minimum absolute atomic E-state index is 0.125. The molecule has 182 valence electrons. The predicted octanol–water partition coefficient (Wildman–Crippen LogP) is 4.46. The molecule has 35 heavy (non-hydrogen) atoms. The highest BCUT2D eigenvalue weighted by Gasteiger charge is 2.37. The fraction of sp³-hybridized carbons (Fsp3) is 0.375. The number of aryl methyl sites for hydroxylation is 2. The number of carbonyl (C=O) groups is 2. The number of hydrogen-bond acceptors (Lipinski definition) is 8. The van der Waals surface area contributed by atoms with E-state index in [9.17, 15) is 9.59 Å². The highest BCUT2D eigenvalue weighted by Crippen LogP contribution is 2.30. The summed E-state index contributed by atoms with van der Waals surface area (Å²) in [7, 11) is 0. The van der Waals surface area contributed by atoms with E-state index in [1.807, 2.05) is 13.0 Å². The van der Waals surface area contributed by atoms with Crippen LogP contribution in [0.5, 0.6) is 11.5 Å². The molecule has 0 atom stereocenters. The van der Waals surface area contributed by atoms with Gasteiger partial charge in [-0.25, -0.2) is 24.5 Å². The molecule has 2 fully saturated rings. The van der Waals surface area contributed by atoms with Gasteiger partial charge in [0.05, 0.1) is 21.3 Å². The highest BCUT2D eigenvalue weighted by atomic mass is 32.1. The van der Waals surface area contributed by atoms with Crippen LogP contribution in [0.1, 0.15) is 23.5 Å². The van der Waals surface area contributed by atoms with Gasteiger partial charge in [-0.2, -0.15) is 0 Å². The molecule has 4 amide bonds. The van der Waals surface area contributed by atoms with Crippen LogP contribution >= 0.6 is 11.3 Å². The second-order valence-corrected chi connectivity index (χ2v) is 9.64. The van der Waals surface area contributed by atoms with Crippen LogP contribution < -0.4 is 10.1 Å². The number of thiazole rings is 1. The number of carbonyl (C=O) groups excluding carboxylic acids is 2. The molecular formula is C24H26N6O4S. The Morgan fingerprint density at radius 2 is 2.00 bits per heavy atom. The first-order chi connectivity index (χ1) is 17.0. The molecule has 3 aromatic heterocycles. The molecule has 3 aromatic rings. The van der Waals surface area contributed by atoms with Gasteiger partial charge in [0.25, 0.3) is 0 Å². The van der Waals surface area contributed by atoms with Gasteiger partial charge in [-0.1, -0.05) is 0 Å². The minimum atomic E-state index is -0.483. The number of pyridine rings is 2. The van der Waals surface area contributed by atoms with Crippen LogP contribution in [0.4, 0.5) is 15.4 Å². The number of aromatic nitrogens is 3. The summed E-state index contributed by atoms with van der Waals surface area (Å²) in [4.78, 5) is 42.7. The third kappa shape index (κ3) is 5.10. The topological polar surface area (TPSA) is 110 Å². The van der Waals surface area contributed by atoms with E-state index in [-0.39, 0.29) is 12.1 Å². The number of imide groups is 1. The molecule has 5 rings (SSSR count). The Kier molecular flexibility index (Phi) is 6.60. The summed E-state index contributed by atoms with van der Waals surface area (Å²) in [5, 5.41) is 3.71. The van der Waals surface area contributed by atoms with Crippen LogP contribution in [0.2, 0.25) is 0 Å². The molecule has 0 bridgehead atoms. The Labute approximate surface area is 206 Å². The summed E-state index contributed by atoms with van der Waals surface area (Å²) >= 11 is 1.57. The molecule has 1 N–H and O–H groups in total. The van der Waals surface area contributed by atoms with E-state index in [1.54, 1.807) is 53.8 Å². The van der Waals surface area contributed by atoms with Gasteiger partial charge in [0.15, 0.2) is 0 Å². The fourth-order valence-electron chi connectivity index (χ4n) is 4.20. The highest BCUT2D eigenvalue weighted by molar-refractivity contribution is 7.15. The van der Waals surface area contributed by atoms with Crippen LogP contribution in [-0.2, 0) is 4.74 Å². The van der Waals surface area contributed by atoms with E-state index in [2.05, 4.69) is 20.3 Å². The lowest BCUT2D eigenvalue weighted by molar-refractivity contribution is 0.0510. The molecule has 2 aliphatic heterocycles. The first-order valence-corrected chi connectivity index (χ1v) is 12.3. The van der Waals surface area contributed by atoms with Crippen molar-refractivity contribution in [2.45, 2.75) is 32.7 Å². The second kappa shape index (κ2) is 9.96. The van der Waals surface area contributed by atoms with Crippen molar-refractivity contribution in [3.63, 3.8) is 0 Å². The molecule has 2 saturated heterocycles. The molecule has 2 aliphatic rings. The molecule has 0 saturated carbocycles. The van der Waals surface area contributed by atoms with Crippen molar-refractivity contribution in [2.24, 2.45) is 0 Å². The number of ether oxygens (including phenoxy) is 2. The first-order valence-electron chi connectivity index (χ1n) is 11.5. The van der Waals surface area contributed by atoms with Crippen LogP contribution in [0.25, 0.3) is 10.6 Å². The van der Waals surface area contributed by atoms with E-state index >= 15 is 0 Å². The Balaban J connectivity index is 1.23. The van der Waals surface area contributed by atoms with E-state index in [0.717, 1.165) is 28.4 Å². The fourth-order valence-corrected chi connectivity index (χ4v) is 4.94. The van der Waals surface area contributed by atoms with E-state index in [0.29, 0.717) is 49.3 Å². The summed E-state index contributed by atoms with van der Waals surface area (Å²) in [6.07, 6.45) is 5.08. The van der Waals surface area contributed by atoms with Gasteiger partial charge in [-0.3, -0.25) is 10.3 Å². The molecule has 5 heterocycles. The van der Waals surface area contributed by atoms with Gasteiger partial charge in [-0.15, -0.1) is 11.3 Å². The molecule has 11 heteroatoms. The molecule has 0 aromatic carbocycles. The summed E-state index contributed by atoms with van der Waals surface area (Å²) in [5.74, 6) is 1.54. The summed E-state index contributed by atoms with van der Waals surface area (Å²) in [5.41, 5.74) is 1.39. The van der Waals surface area contributed by atoms with Crippen molar-refractivity contribution in [2.75, 3.05) is 31.6 Å². The van der Waals surface area contributed by atoms with Gasteiger partial charge in [0, 0.05) is 50.8 Å². The zero-order chi connectivity index (χ0) is 24.4. The SMILES string of the molecule is Cc1ncc(-c2cc(Oc3ccc(NC(=O)N4CCN(C5CCOCC5)C4=O)nc3C)ccn2)s1. The first kappa shape index (κ1) is 23.2. The largest absolute Gasteiger partial charge is 0.455 e. The molecular weight excluding hydrogens is 468 g/mol. The number of nitrogens with zero attached hydrogens (tertiary/aromatic N) is 5. The Hall–Kier alpha value is -3.57. The van der Waals surface area contributed by atoms with Crippen LogP contribution in [0, 0.1) is 13.8 Å². The molecule has 0 aliphatic carbocycles. The lowest BCUT2D eigenvalue weighted by Crippen LogP contribution is -2.44. The molecule has 0 spiro atoms. The Morgan fingerprint density at radius 1 is 1.17 bits per heavy atom. The smallest absolute Gasteiger partial charge is 0.331 e. The Bertz CT molecular complexity index is 1240. The predicted molar refractivity (Wildman–Crippen MR) is 131 cm³/mol. The molecule has 10 nitrogen and oxygen atoms in total. The normalized spacial score (nSPS) is 16.6. The third-order valence-electron chi connectivity index (χ3n) is 6.02. The average molecular weight is 495 g/mol. The third-order valence-corrected chi connectivity index (χ3v) is 6.96. The summed E-state index contributed by atoms with van der Waals surface area (Å²) < 4.78 is 11.4.